The van der Waals surface area contributed by atoms with Gasteiger partial charge in [-0.25, -0.2) is 9.78 Å². The van der Waals surface area contributed by atoms with E-state index in [1.165, 1.54) is 0 Å². The Labute approximate surface area is 114 Å². The van der Waals surface area contributed by atoms with Crippen molar-refractivity contribution in [2.75, 3.05) is 6.54 Å². The first-order valence-corrected chi connectivity index (χ1v) is 6.94. The lowest BCUT2D eigenvalue weighted by molar-refractivity contribution is 0.0218. The molecule has 1 aromatic rings. The molecule has 1 aliphatic heterocycles. The summed E-state index contributed by atoms with van der Waals surface area (Å²) in [6.45, 7) is 8.48. The van der Waals surface area contributed by atoms with E-state index in [0.717, 1.165) is 37.3 Å². The van der Waals surface area contributed by atoms with Crippen molar-refractivity contribution in [3.63, 3.8) is 0 Å². The van der Waals surface area contributed by atoms with Gasteiger partial charge in [-0.3, -0.25) is 4.90 Å². The fourth-order valence-electron chi connectivity index (χ4n) is 2.32. The number of H-pyrrole nitrogens is 1. The number of nitrogens with one attached hydrogen (secondary N) is 1. The summed E-state index contributed by atoms with van der Waals surface area (Å²) < 4.78 is 5.45. The number of likely N-dealkylation sites (tertiary alicyclic amines) is 1. The molecular formula is C14H23N3O2. The van der Waals surface area contributed by atoms with Crippen molar-refractivity contribution >= 4 is 6.09 Å². The highest BCUT2D eigenvalue weighted by Gasteiger charge is 2.34. The van der Waals surface area contributed by atoms with Crippen LogP contribution in [0.1, 0.15) is 58.1 Å². The third-order valence-corrected chi connectivity index (χ3v) is 3.23. The van der Waals surface area contributed by atoms with Gasteiger partial charge in [0.1, 0.15) is 11.4 Å². The Morgan fingerprint density at radius 1 is 1.58 bits per heavy atom. The molecule has 5 nitrogen and oxygen atoms in total. The van der Waals surface area contributed by atoms with E-state index in [1.807, 2.05) is 27.0 Å². The second kappa shape index (κ2) is 5.23. The van der Waals surface area contributed by atoms with Gasteiger partial charge in [0.05, 0.1) is 6.04 Å². The van der Waals surface area contributed by atoms with Gasteiger partial charge in [0, 0.05) is 18.4 Å². The Bertz CT molecular complexity index is 448. The van der Waals surface area contributed by atoms with Gasteiger partial charge in [-0.1, -0.05) is 6.92 Å². The fourth-order valence-corrected chi connectivity index (χ4v) is 2.32. The number of nitrogens with zero attached hydrogens (tertiary/aromatic N) is 2. The van der Waals surface area contributed by atoms with Gasteiger partial charge in [0.15, 0.2) is 0 Å². The lowest BCUT2D eigenvalue weighted by Crippen LogP contribution is -2.36. The predicted octanol–water partition coefficient (Wildman–Crippen LogP) is 3.04. The summed E-state index contributed by atoms with van der Waals surface area (Å²) in [7, 11) is 0. The summed E-state index contributed by atoms with van der Waals surface area (Å²) >= 11 is 0. The summed E-state index contributed by atoms with van der Waals surface area (Å²) in [5.74, 6) is 0.875. The zero-order valence-corrected chi connectivity index (χ0v) is 12.2. The number of carbonyl (C=O) groups is 1. The quantitative estimate of drug-likeness (QED) is 0.894. The van der Waals surface area contributed by atoms with E-state index in [4.69, 9.17) is 4.74 Å². The Balaban J connectivity index is 2.10. The molecule has 1 N–H and O–H groups in total. The standard InChI is InChI=1S/C14H23N3O2/c1-5-10-9-15-12(16-10)11-7-6-8-17(11)13(18)19-14(2,3)4/h9,11H,5-8H2,1-4H3,(H,15,16). The molecular weight excluding hydrogens is 242 g/mol. The Kier molecular flexibility index (Phi) is 3.83. The molecule has 2 heterocycles. The molecule has 1 aliphatic rings. The number of hydrogen-bond donors (Lipinski definition) is 1. The van der Waals surface area contributed by atoms with Crippen molar-refractivity contribution in [3.05, 3.63) is 17.7 Å². The highest BCUT2D eigenvalue weighted by molar-refractivity contribution is 5.69. The molecule has 0 spiro atoms. The van der Waals surface area contributed by atoms with E-state index in [9.17, 15) is 4.79 Å². The van der Waals surface area contributed by atoms with E-state index in [2.05, 4.69) is 16.9 Å². The second-order valence-corrected chi connectivity index (χ2v) is 5.98. The van der Waals surface area contributed by atoms with Crippen molar-refractivity contribution in [3.8, 4) is 0 Å². The zero-order valence-electron chi connectivity index (χ0n) is 12.2. The summed E-state index contributed by atoms with van der Waals surface area (Å²) in [5.41, 5.74) is 0.646. The molecule has 0 aliphatic carbocycles. The first-order chi connectivity index (χ1) is 8.90. The van der Waals surface area contributed by atoms with Crippen LogP contribution < -0.4 is 0 Å². The SMILES string of the molecule is CCc1cnc(C2CCCN2C(=O)OC(C)(C)C)[nH]1. The largest absolute Gasteiger partial charge is 0.444 e. The van der Waals surface area contributed by atoms with Crippen LogP contribution in [0.4, 0.5) is 4.79 Å². The molecule has 1 saturated heterocycles. The maximum Gasteiger partial charge on any atom is 0.410 e. The molecule has 1 atom stereocenters. The average molecular weight is 265 g/mol. The first-order valence-electron chi connectivity index (χ1n) is 6.94. The number of aromatic nitrogens is 2. The Morgan fingerprint density at radius 3 is 2.89 bits per heavy atom. The number of aryl methyl sites for hydroxylation is 1. The minimum absolute atomic E-state index is 0.0233. The van der Waals surface area contributed by atoms with Crippen molar-refractivity contribution in [1.82, 2.24) is 14.9 Å². The number of carbonyl (C=O) groups excluding carboxylic acids is 1. The lowest BCUT2D eigenvalue weighted by atomic mass is 10.2. The van der Waals surface area contributed by atoms with Crippen LogP contribution in [0.5, 0.6) is 0 Å². The number of ether oxygens (including phenoxy) is 1. The molecule has 5 heteroatoms. The molecule has 1 unspecified atom stereocenters. The molecule has 1 fully saturated rings. The van der Waals surface area contributed by atoms with Gasteiger partial charge >= 0.3 is 6.09 Å². The predicted molar refractivity (Wildman–Crippen MR) is 72.9 cm³/mol. The van der Waals surface area contributed by atoms with Crippen molar-refractivity contribution < 1.29 is 9.53 Å². The number of imidazole rings is 1. The van der Waals surface area contributed by atoms with Crippen molar-refractivity contribution in [2.24, 2.45) is 0 Å². The number of aromatic amines is 1. The molecule has 2 rings (SSSR count). The zero-order chi connectivity index (χ0) is 14.0. The second-order valence-electron chi connectivity index (χ2n) is 5.98. The number of hydrogen-bond acceptors (Lipinski definition) is 3. The fraction of sp³-hybridized carbons (Fsp3) is 0.714. The molecule has 0 radical (unpaired) electrons. The normalized spacial score (nSPS) is 19.8. The summed E-state index contributed by atoms with van der Waals surface area (Å²) in [6.07, 6.45) is 4.46. The van der Waals surface area contributed by atoms with E-state index in [-0.39, 0.29) is 12.1 Å². The van der Waals surface area contributed by atoms with Crippen molar-refractivity contribution in [1.29, 1.82) is 0 Å². The van der Waals surface area contributed by atoms with Gasteiger partial charge < -0.3 is 9.72 Å². The minimum atomic E-state index is -0.456. The van der Waals surface area contributed by atoms with E-state index >= 15 is 0 Å². The Morgan fingerprint density at radius 2 is 2.32 bits per heavy atom. The van der Waals surface area contributed by atoms with Crippen molar-refractivity contribution in [2.45, 2.75) is 58.6 Å². The van der Waals surface area contributed by atoms with Crippen LogP contribution in [0.3, 0.4) is 0 Å². The topological polar surface area (TPSA) is 58.2 Å². The smallest absolute Gasteiger partial charge is 0.410 e. The third kappa shape index (κ3) is 3.28. The molecule has 0 aromatic carbocycles. The van der Waals surface area contributed by atoms with Gasteiger partial charge in [-0.15, -0.1) is 0 Å². The highest BCUT2D eigenvalue weighted by Crippen LogP contribution is 2.31. The maximum atomic E-state index is 12.2. The van der Waals surface area contributed by atoms with Crippen LogP contribution in [0.15, 0.2) is 6.20 Å². The van der Waals surface area contributed by atoms with E-state index in [1.54, 1.807) is 4.90 Å². The molecule has 0 saturated carbocycles. The number of amides is 1. The van der Waals surface area contributed by atoms with Gasteiger partial charge in [-0.2, -0.15) is 0 Å². The Hall–Kier alpha value is -1.52. The van der Waals surface area contributed by atoms with Crippen LogP contribution in [-0.2, 0) is 11.2 Å². The monoisotopic (exact) mass is 265 g/mol. The highest BCUT2D eigenvalue weighted by atomic mass is 16.6. The number of rotatable bonds is 2. The third-order valence-electron chi connectivity index (χ3n) is 3.23. The van der Waals surface area contributed by atoms with Gasteiger partial charge in [0.2, 0.25) is 0 Å². The summed E-state index contributed by atoms with van der Waals surface area (Å²) in [5, 5.41) is 0. The first kappa shape index (κ1) is 13.9. The summed E-state index contributed by atoms with van der Waals surface area (Å²) in [6, 6.07) is 0.0233. The summed E-state index contributed by atoms with van der Waals surface area (Å²) in [4.78, 5) is 21.6. The molecule has 19 heavy (non-hydrogen) atoms. The van der Waals surface area contributed by atoms with Crippen LogP contribution in [0.2, 0.25) is 0 Å². The van der Waals surface area contributed by atoms with Crippen LogP contribution >= 0.6 is 0 Å². The van der Waals surface area contributed by atoms with Crippen LogP contribution in [0, 0.1) is 0 Å². The van der Waals surface area contributed by atoms with Crippen LogP contribution in [0.25, 0.3) is 0 Å². The lowest BCUT2D eigenvalue weighted by Gasteiger charge is -2.27. The molecule has 0 bridgehead atoms. The molecule has 1 amide bonds. The van der Waals surface area contributed by atoms with Gasteiger partial charge in [0.25, 0.3) is 0 Å². The van der Waals surface area contributed by atoms with E-state index < -0.39 is 5.60 Å². The molecule has 1 aromatic heterocycles. The molecule has 106 valence electrons. The maximum absolute atomic E-state index is 12.2. The minimum Gasteiger partial charge on any atom is -0.444 e. The van der Waals surface area contributed by atoms with Gasteiger partial charge in [-0.05, 0) is 40.0 Å². The van der Waals surface area contributed by atoms with Crippen LogP contribution in [-0.4, -0.2) is 33.1 Å². The average Bonchev–Trinajstić information content (AvgIpc) is 2.95. The van der Waals surface area contributed by atoms with E-state index in [0.29, 0.717) is 0 Å².